The maximum atomic E-state index is 13.4. The first-order valence-electron chi connectivity index (χ1n) is 6.79. The van der Waals surface area contributed by atoms with Crippen molar-refractivity contribution in [1.29, 1.82) is 0 Å². The highest BCUT2D eigenvalue weighted by molar-refractivity contribution is 7.90. The standard InChI is InChI=1S/C16H15F2NO3S/c1-23(21,22)14-6-4-13(5-7-14)19-16(20)9-2-11-10-12(17)3-8-15(11)18/h3-8,10H,2,9H2,1H3,(H,19,20). The Labute approximate surface area is 133 Å². The second-order valence-corrected chi connectivity index (χ2v) is 7.10. The van der Waals surface area contributed by atoms with E-state index in [1.54, 1.807) is 0 Å². The zero-order valence-electron chi connectivity index (χ0n) is 12.3. The minimum atomic E-state index is -3.29. The third kappa shape index (κ3) is 4.85. The van der Waals surface area contributed by atoms with E-state index in [1.807, 2.05) is 0 Å². The summed E-state index contributed by atoms with van der Waals surface area (Å²) in [6.07, 6.45) is 1.14. The lowest BCUT2D eigenvalue weighted by Gasteiger charge is -2.07. The van der Waals surface area contributed by atoms with Crippen molar-refractivity contribution < 1.29 is 22.0 Å². The quantitative estimate of drug-likeness (QED) is 0.911. The molecule has 0 aliphatic carbocycles. The number of hydrogen-bond acceptors (Lipinski definition) is 3. The van der Waals surface area contributed by atoms with E-state index in [0.717, 1.165) is 24.5 Å². The Kier molecular flexibility index (Phi) is 5.10. The Morgan fingerprint density at radius 2 is 1.74 bits per heavy atom. The van der Waals surface area contributed by atoms with Crippen LogP contribution in [0.15, 0.2) is 47.4 Å². The van der Waals surface area contributed by atoms with Crippen molar-refractivity contribution in [2.24, 2.45) is 0 Å². The molecule has 7 heteroatoms. The van der Waals surface area contributed by atoms with Crippen molar-refractivity contribution in [3.05, 3.63) is 59.7 Å². The Morgan fingerprint density at radius 1 is 1.09 bits per heavy atom. The van der Waals surface area contributed by atoms with Gasteiger partial charge in [-0.25, -0.2) is 17.2 Å². The van der Waals surface area contributed by atoms with Gasteiger partial charge in [0, 0.05) is 18.4 Å². The molecule has 2 aromatic rings. The van der Waals surface area contributed by atoms with Crippen molar-refractivity contribution >= 4 is 21.4 Å². The summed E-state index contributed by atoms with van der Waals surface area (Å²) in [5.74, 6) is -1.49. The van der Waals surface area contributed by atoms with Crippen LogP contribution in [-0.2, 0) is 21.1 Å². The zero-order chi connectivity index (χ0) is 17.0. The number of hydrogen-bond donors (Lipinski definition) is 1. The van der Waals surface area contributed by atoms with Crippen LogP contribution in [0.1, 0.15) is 12.0 Å². The third-order valence-corrected chi connectivity index (χ3v) is 4.32. The Morgan fingerprint density at radius 3 is 2.35 bits per heavy atom. The number of nitrogens with one attached hydrogen (secondary N) is 1. The molecule has 0 saturated heterocycles. The minimum absolute atomic E-state index is 0.0196. The van der Waals surface area contributed by atoms with Gasteiger partial charge >= 0.3 is 0 Å². The normalized spacial score (nSPS) is 11.3. The summed E-state index contributed by atoms with van der Waals surface area (Å²) in [6.45, 7) is 0. The average molecular weight is 339 g/mol. The van der Waals surface area contributed by atoms with Gasteiger partial charge in [-0.3, -0.25) is 4.79 Å². The van der Waals surface area contributed by atoms with Crippen LogP contribution < -0.4 is 5.32 Å². The predicted molar refractivity (Wildman–Crippen MR) is 82.9 cm³/mol. The van der Waals surface area contributed by atoms with Gasteiger partial charge in [0.15, 0.2) is 9.84 Å². The molecule has 0 unspecified atom stereocenters. The lowest BCUT2D eigenvalue weighted by molar-refractivity contribution is -0.116. The van der Waals surface area contributed by atoms with E-state index in [0.29, 0.717) is 5.69 Å². The fourth-order valence-electron chi connectivity index (χ4n) is 1.99. The first-order chi connectivity index (χ1) is 10.8. The number of benzene rings is 2. The van der Waals surface area contributed by atoms with Gasteiger partial charge in [0.2, 0.25) is 5.91 Å². The molecule has 0 aliphatic heterocycles. The number of anilines is 1. The second-order valence-electron chi connectivity index (χ2n) is 5.08. The number of carbonyl (C=O) groups excluding carboxylic acids is 1. The highest BCUT2D eigenvalue weighted by Gasteiger charge is 2.09. The Balaban J connectivity index is 1.96. The van der Waals surface area contributed by atoms with E-state index >= 15 is 0 Å². The summed E-state index contributed by atoms with van der Waals surface area (Å²) >= 11 is 0. The van der Waals surface area contributed by atoms with Crippen molar-refractivity contribution in [3.8, 4) is 0 Å². The molecule has 0 bridgehead atoms. The van der Waals surface area contributed by atoms with E-state index in [9.17, 15) is 22.0 Å². The van der Waals surface area contributed by atoms with Crippen LogP contribution in [0.2, 0.25) is 0 Å². The van der Waals surface area contributed by atoms with E-state index < -0.39 is 21.5 Å². The van der Waals surface area contributed by atoms with Crippen LogP contribution in [-0.4, -0.2) is 20.6 Å². The van der Waals surface area contributed by atoms with E-state index in [1.165, 1.54) is 24.3 Å². The van der Waals surface area contributed by atoms with Crippen LogP contribution in [0.4, 0.5) is 14.5 Å². The van der Waals surface area contributed by atoms with Gasteiger partial charge in [0.1, 0.15) is 11.6 Å². The molecular weight excluding hydrogens is 324 g/mol. The monoisotopic (exact) mass is 339 g/mol. The van der Waals surface area contributed by atoms with E-state index in [4.69, 9.17) is 0 Å². The molecule has 2 rings (SSSR count). The van der Waals surface area contributed by atoms with Gasteiger partial charge in [0.25, 0.3) is 0 Å². The lowest BCUT2D eigenvalue weighted by Crippen LogP contribution is -2.13. The molecule has 122 valence electrons. The first kappa shape index (κ1) is 17.1. The Bertz CT molecular complexity index is 818. The fourth-order valence-corrected chi connectivity index (χ4v) is 2.62. The van der Waals surface area contributed by atoms with Gasteiger partial charge in [0.05, 0.1) is 4.90 Å². The van der Waals surface area contributed by atoms with Gasteiger partial charge in [-0.1, -0.05) is 0 Å². The highest BCUT2D eigenvalue weighted by Crippen LogP contribution is 2.15. The van der Waals surface area contributed by atoms with Gasteiger partial charge in [-0.05, 0) is 54.4 Å². The molecule has 0 radical (unpaired) electrons. The molecule has 23 heavy (non-hydrogen) atoms. The molecule has 1 N–H and O–H groups in total. The van der Waals surface area contributed by atoms with Crippen LogP contribution in [0, 0.1) is 11.6 Å². The molecule has 0 atom stereocenters. The van der Waals surface area contributed by atoms with E-state index in [-0.39, 0.29) is 29.2 Å². The lowest BCUT2D eigenvalue weighted by atomic mass is 10.1. The largest absolute Gasteiger partial charge is 0.326 e. The molecule has 1 amide bonds. The van der Waals surface area contributed by atoms with Gasteiger partial charge < -0.3 is 5.32 Å². The fraction of sp³-hybridized carbons (Fsp3) is 0.188. The van der Waals surface area contributed by atoms with Crippen molar-refractivity contribution in [3.63, 3.8) is 0 Å². The number of amides is 1. The molecule has 0 heterocycles. The molecule has 4 nitrogen and oxygen atoms in total. The Hall–Kier alpha value is -2.28. The molecule has 2 aromatic carbocycles. The summed E-state index contributed by atoms with van der Waals surface area (Å²) in [6, 6.07) is 8.81. The molecule has 0 aliphatic rings. The molecular formula is C16H15F2NO3S. The summed E-state index contributed by atoms with van der Waals surface area (Å²) in [7, 11) is -3.29. The predicted octanol–water partition coefficient (Wildman–Crippen LogP) is 2.94. The number of halogens is 2. The van der Waals surface area contributed by atoms with Crippen LogP contribution in [0.25, 0.3) is 0 Å². The number of carbonyl (C=O) groups is 1. The summed E-state index contributed by atoms with van der Waals surface area (Å²) in [5.41, 5.74) is 0.565. The smallest absolute Gasteiger partial charge is 0.224 e. The van der Waals surface area contributed by atoms with Crippen molar-refractivity contribution in [1.82, 2.24) is 0 Å². The number of sulfone groups is 1. The van der Waals surface area contributed by atoms with Crippen LogP contribution in [0.5, 0.6) is 0 Å². The third-order valence-electron chi connectivity index (χ3n) is 3.20. The molecule has 0 fully saturated rings. The summed E-state index contributed by atoms with van der Waals surface area (Å²) < 4.78 is 49.1. The summed E-state index contributed by atoms with van der Waals surface area (Å²) in [5, 5.41) is 2.57. The second kappa shape index (κ2) is 6.87. The highest BCUT2D eigenvalue weighted by atomic mass is 32.2. The number of aryl methyl sites for hydroxylation is 1. The topological polar surface area (TPSA) is 63.2 Å². The van der Waals surface area contributed by atoms with Crippen LogP contribution in [0.3, 0.4) is 0 Å². The van der Waals surface area contributed by atoms with Crippen molar-refractivity contribution in [2.45, 2.75) is 17.7 Å². The zero-order valence-corrected chi connectivity index (χ0v) is 13.2. The molecule has 0 aromatic heterocycles. The van der Waals surface area contributed by atoms with Gasteiger partial charge in [-0.2, -0.15) is 0 Å². The SMILES string of the molecule is CS(=O)(=O)c1ccc(NC(=O)CCc2cc(F)ccc2F)cc1. The maximum Gasteiger partial charge on any atom is 0.224 e. The number of rotatable bonds is 5. The molecule has 0 spiro atoms. The van der Waals surface area contributed by atoms with Gasteiger partial charge in [-0.15, -0.1) is 0 Å². The van der Waals surface area contributed by atoms with E-state index in [2.05, 4.69) is 5.32 Å². The minimum Gasteiger partial charge on any atom is -0.326 e. The van der Waals surface area contributed by atoms with Crippen molar-refractivity contribution in [2.75, 3.05) is 11.6 Å². The maximum absolute atomic E-state index is 13.4. The first-order valence-corrected chi connectivity index (χ1v) is 8.69. The molecule has 0 saturated carbocycles. The van der Waals surface area contributed by atoms with Crippen LogP contribution >= 0.6 is 0 Å². The summed E-state index contributed by atoms with van der Waals surface area (Å²) in [4.78, 5) is 12.0. The average Bonchev–Trinajstić information content (AvgIpc) is 2.48.